The topological polar surface area (TPSA) is 35.6 Å². The molecule has 0 aromatic rings. The third-order valence-corrected chi connectivity index (χ3v) is 4.36. The lowest BCUT2D eigenvalue weighted by Crippen LogP contribution is -2.46. The molecule has 20 heavy (non-hydrogen) atoms. The van der Waals surface area contributed by atoms with Gasteiger partial charge in [-0.15, -0.1) is 0 Å². The van der Waals surface area contributed by atoms with Gasteiger partial charge in [0.1, 0.15) is 0 Å². The van der Waals surface area contributed by atoms with E-state index in [2.05, 4.69) is 37.9 Å². The second kappa shape index (κ2) is 9.35. The van der Waals surface area contributed by atoms with E-state index >= 15 is 0 Å². The van der Waals surface area contributed by atoms with Crippen LogP contribution in [0.25, 0.3) is 0 Å². The molecule has 0 spiro atoms. The van der Waals surface area contributed by atoms with Gasteiger partial charge in [0.25, 0.3) is 0 Å². The summed E-state index contributed by atoms with van der Waals surface area (Å²) in [6.45, 7) is 13.6. The summed E-state index contributed by atoms with van der Waals surface area (Å²) in [5, 5.41) is 3.43. The summed E-state index contributed by atoms with van der Waals surface area (Å²) >= 11 is 0. The van der Waals surface area contributed by atoms with Crippen molar-refractivity contribution in [2.45, 2.75) is 65.5 Å². The van der Waals surface area contributed by atoms with E-state index in [1.54, 1.807) is 0 Å². The number of hydrogen-bond acceptors (Lipinski definition) is 3. The molecule has 4 heteroatoms. The summed E-state index contributed by atoms with van der Waals surface area (Å²) in [6, 6.07) is 1.27. The van der Waals surface area contributed by atoms with Gasteiger partial charge >= 0.3 is 0 Å². The molecule has 0 saturated carbocycles. The average molecular weight is 283 g/mol. The molecule has 0 unspecified atom stereocenters. The van der Waals surface area contributed by atoms with Gasteiger partial charge in [0.05, 0.1) is 0 Å². The van der Waals surface area contributed by atoms with Crippen molar-refractivity contribution in [3.63, 3.8) is 0 Å². The van der Waals surface area contributed by atoms with Gasteiger partial charge in [-0.2, -0.15) is 0 Å². The summed E-state index contributed by atoms with van der Waals surface area (Å²) in [4.78, 5) is 16.6. The summed E-state index contributed by atoms with van der Waals surface area (Å²) in [5.41, 5.74) is 0. The van der Waals surface area contributed by atoms with Crippen molar-refractivity contribution in [3.05, 3.63) is 0 Å². The zero-order valence-electron chi connectivity index (χ0n) is 13.8. The smallest absolute Gasteiger partial charge is 0.222 e. The summed E-state index contributed by atoms with van der Waals surface area (Å²) in [7, 11) is 0. The van der Waals surface area contributed by atoms with Gasteiger partial charge in [0, 0.05) is 31.6 Å². The van der Waals surface area contributed by atoms with Crippen molar-refractivity contribution >= 4 is 5.91 Å². The lowest BCUT2D eigenvalue weighted by molar-refractivity contribution is -0.131. The van der Waals surface area contributed by atoms with Crippen molar-refractivity contribution in [2.75, 3.05) is 32.7 Å². The monoisotopic (exact) mass is 283 g/mol. The highest BCUT2D eigenvalue weighted by molar-refractivity contribution is 5.76. The van der Waals surface area contributed by atoms with Crippen LogP contribution in [0.2, 0.25) is 0 Å². The van der Waals surface area contributed by atoms with Crippen LogP contribution in [0.5, 0.6) is 0 Å². The second-order valence-corrected chi connectivity index (χ2v) is 5.98. The van der Waals surface area contributed by atoms with Crippen LogP contribution in [-0.2, 0) is 4.79 Å². The number of nitrogens with one attached hydrogen (secondary N) is 1. The predicted octanol–water partition coefficient (Wildman–Crippen LogP) is 2.10. The molecule has 1 aliphatic heterocycles. The zero-order valence-corrected chi connectivity index (χ0v) is 13.8. The summed E-state index contributed by atoms with van der Waals surface area (Å²) < 4.78 is 0. The molecule has 118 valence electrons. The lowest BCUT2D eigenvalue weighted by atomic mass is 10.0. The number of carbonyl (C=O) groups excluding carboxylic acids is 1. The Hall–Kier alpha value is -0.610. The van der Waals surface area contributed by atoms with Crippen molar-refractivity contribution < 1.29 is 4.79 Å². The van der Waals surface area contributed by atoms with Crippen molar-refractivity contribution in [1.29, 1.82) is 0 Å². The third kappa shape index (κ3) is 5.41. The van der Waals surface area contributed by atoms with Crippen LogP contribution < -0.4 is 5.32 Å². The molecule has 1 rings (SSSR count). The van der Waals surface area contributed by atoms with E-state index in [9.17, 15) is 4.79 Å². The quantitative estimate of drug-likeness (QED) is 0.741. The minimum absolute atomic E-state index is 0.309. The number of rotatable bonds is 8. The van der Waals surface area contributed by atoms with Crippen molar-refractivity contribution in [2.24, 2.45) is 0 Å². The molecular formula is C16H33N3O. The molecule has 0 bridgehead atoms. The maximum absolute atomic E-state index is 12.0. The number of piperidine rings is 1. The highest BCUT2D eigenvalue weighted by Crippen LogP contribution is 2.16. The highest BCUT2D eigenvalue weighted by Gasteiger charge is 2.23. The fraction of sp³-hybridized carbons (Fsp3) is 0.938. The second-order valence-electron chi connectivity index (χ2n) is 5.98. The fourth-order valence-corrected chi connectivity index (χ4v) is 3.15. The first kappa shape index (κ1) is 17.4. The number of hydrogen-bond donors (Lipinski definition) is 1. The van der Waals surface area contributed by atoms with E-state index in [1.165, 1.54) is 12.8 Å². The van der Waals surface area contributed by atoms with Crippen LogP contribution in [0.3, 0.4) is 0 Å². The van der Waals surface area contributed by atoms with Gasteiger partial charge in [-0.05, 0) is 66.6 Å². The summed E-state index contributed by atoms with van der Waals surface area (Å²) in [6.07, 6.45) is 4.15. The predicted molar refractivity (Wildman–Crippen MR) is 84.9 cm³/mol. The van der Waals surface area contributed by atoms with E-state index in [0.717, 1.165) is 39.1 Å². The summed E-state index contributed by atoms with van der Waals surface area (Å²) in [5.74, 6) is 0.309. The molecule has 1 N–H and O–H groups in total. The highest BCUT2D eigenvalue weighted by atomic mass is 16.2. The Balaban J connectivity index is 2.37. The molecule has 0 radical (unpaired) electrons. The Labute approximate surface area is 124 Å². The molecule has 4 nitrogen and oxygen atoms in total. The van der Waals surface area contributed by atoms with Gasteiger partial charge < -0.3 is 10.2 Å². The largest absolute Gasteiger partial charge is 0.343 e. The molecule has 1 saturated heterocycles. The van der Waals surface area contributed by atoms with Crippen LogP contribution in [-0.4, -0.2) is 60.5 Å². The Kier molecular flexibility index (Phi) is 8.15. The lowest BCUT2D eigenvalue weighted by Gasteiger charge is -2.37. The molecule has 0 atom stereocenters. The van der Waals surface area contributed by atoms with Crippen LogP contribution >= 0.6 is 0 Å². The molecular weight excluding hydrogens is 250 g/mol. The minimum Gasteiger partial charge on any atom is -0.343 e. The van der Waals surface area contributed by atoms with Crippen LogP contribution in [0, 0.1) is 0 Å². The normalized spacial score (nSPS) is 16.9. The molecule has 0 aromatic heterocycles. The van der Waals surface area contributed by atoms with Crippen LogP contribution in [0.4, 0.5) is 0 Å². The standard InChI is InChI=1S/C16H33N3O/c1-5-18(6-2)16(20)8-7-13-19(14(3)4)15-9-11-17-12-10-15/h14-15,17H,5-13H2,1-4H3. The first-order valence-electron chi connectivity index (χ1n) is 8.34. The van der Waals surface area contributed by atoms with Crippen LogP contribution in [0.15, 0.2) is 0 Å². The van der Waals surface area contributed by atoms with Gasteiger partial charge in [0.15, 0.2) is 0 Å². The van der Waals surface area contributed by atoms with Crippen molar-refractivity contribution in [3.8, 4) is 0 Å². The van der Waals surface area contributed by atoms with Crippen LogP contribution in [0.1, 0.15) is 53.4 Å². The Bertz CT molecular complexity index is 271. The molecule has 1 fully saturated rings. The van der Waals surface area contributed by atoms with E-state index in [1.807, 2.05) is 4.90 Å². The molecule has 1 aliphatic rings. The molecule has 0 aromatic carbocycles. The molecule has 1 amide bonds. The zero-order chi connectivity index (χ0) is 15.0. The first-order valence-corrected chi connectivity index (χ1v) is 8.34. The van der Waals surface area contributed by atoms with Crippen molar-refractivity contribution in [1.82, 2.24) is 15.1 Å². The SMILES string of the molecule is CCN(CC)C(=O)CCCN(C(C)C)C1CCNCC1. The van der Waals surface area contributed by atoms with Gasteiger partial charge in [0.2, 0.25) is 5.91 Å². The number of carbonyl (C=O) groups is 1. The Morgan fingerprint density at radius 3 is 2.30 bits per heavy atom. The first-order chi connectivity index (χ1) is 9.60. The van der Waals surface area contributed by atoms with Gasteiger partial charge in [-0.25, -0.2) is 0 Å². The average Bonchev–Trinajstić information content (AvgIpc) is 2.45. The maximum Gasteiger partial charge on any atom is 0.222 e. The number of nitrogens with zero attached hydrogens (tertiary/aromatic N) is 2. The van der Waals surface area contributed by atoms with E-state index in [4.69, 9.17) is 0 Å². The molecule has 1 heterocycles. The van der Waals surface area contributed by atoms with E-state index in [0.29, 0.717) is 24.4 Å². The minimum atomic E-state index is 0.309. The maximum atomic E-state index is 12.0. The number of amides is 1. The van der Waals surface area contributed by atoms with E-state index < -0.39 is 0 Å². The van der Waals surface area contributed by atoms with Gasteiger partial charge in [-0.1, -0.05) is 0 Å². The molecule has 0 aliphatic carbocycles. The Morgan fingerprint density at radius 2 is 1.80 bits per heavy atom. The fourth-order valence-electron chi connectivity index (χ4n) is 3.15. The third-order valence-electron chi connectivity index (χ3n) is 4.36. The Morgan fingerprint density at radius 1 is 1.20 bits per heavy atom. The van der Waals surface area contributed by atoms with Gasteiger partial charge in [-0.3, -0.25) is 9.69 Å². The van der Waals surface area contributed by atoms with E-state index in [-0.39, 0.29) is 0 Å².